The van der Waals surface area contributed by atoms with Crippen LogP contribution in [0.2, 0.25) is 5.02 Å². The molecule has 2 aliphatic heterocycles. The maximum absolute atomic E-state index is 13.2. The number of amides is 3. The molecule has 3 rings (SSSR count). The van der Waals surface area contributed by atoms with E-state index in [0.29, 0.717) is 60.6 Å². The van der Waals surface area contributed by atoms with E-state index in [0.717, 1.165) is 6.42 Å². The highest BCUT2D eigenvalue weighted by atomic mass is 35.5. The molecule has 0 saturated carbocycles. The number of benzene rings is 1. The third-order valence-corrected chi connectivity index (χ3v) is 6.57. The van der Waals surface area contributed by atoms with Crippen molar-refractivity contribution >= 4 is 41.0 Å². The Bertz CT molecular complexity index is 911. The first kappa shape index (κ1) is 25.0. The van der Waals surface area contributed by atoms with Gasteiger partial charge in [0.2, 0.25) is 11.8 Å². The van der Waals surface area contributed by atoms with Crippen molar-refractivity contribution in [3.05, 3.63) is 28.8 Å². The van der Waals surface area contributed by atoms with Crippen molar-refractivity contribution in [2.75, 3.05) is 31.5 Å². The quantitative estimate of drug-likeness (QED) is 0.652. The van der Waals surface area contributed by atoms with Crippen LogP contribution in [0, 0.1) is 17.8 Å². The van der Waals surface area contributed by atoms with E-state index < -0.39 is 11.9 Å². The van der Waals surface area contributed by atoms with E-state index in [4.69, 9.17) is 11.6 Å². The second kappa shape index (κ2) is 11.0. The Morgan fingerprint density at radius 1 is 1.06 bits per heavy atom. The molecular weight excluding hydrogens is 446 g/mol. The maximum atomic E-state index is 13.2. The topological polar surface area (TPSA) is 107 Å². The fourth-order valence-electron chi connectivity index (χ4n) is 4.80. The molecule has 2 fully saturated rings. The standard InChI is InChI=1S/C24H32ClN3O5/c1-15-10-16(2)13-28(12-15)23(31)19-11-18(25)5-6-20(19)26-21(29)7-8-22(30)27-9-3-4-17(14-27)24(32)33/h5-6,11,15-17H,3-4,7-10,12-14H2,1-2H3,(H,26,29)(H,32,33)/t15-,16+,17?. The third-order valence-electron chi connectivity index (χ3n) is 6.33. The summed E-state index contributed by atoms with van der Waals surface area (Å²) in [4.78, 5) is 52.8. The number of carboxylic acid groups (broad SMARTS) is 1. The van der Waals surface area contributed by atoms with Crippen LogP contribution in [0.25, 0.3) is 0 Å². The van der Waals surface area contributed by atoms with Gasteiger partial charge in [-0.05, 0) is 49.3 Å². The van der Waals surface area contributed by atoms with Crippen molar-refractivity contribution in [1.29, 1.82) is 0 Å². The molecular formula is C24H32ClN3O5. The zero-order valence-electron chi connectivity index (χ0n) is 19.2. The SMILES string of the molecule is C[C@@H]1C[C@H](C)CN(C(=O)c2cc(Cl)ccc2NC(=O)CCC(=O)N2CCCC(C(=O)O)C2)C1. The van der Waals surface area contributed by atoms with Gasteiger partial charge >= 0.3 is 5.97 Å². The molecule has 0 aromatic heterocycles. The lowest BCUT2D eigenvalue weighted by atomic mass is 9.91. The van der Waals surface area contributed by atoms with Crippen molar-refractivity contribution in [3.63, 3.8) is 0 Å². The minimum Gasteiger partial charge on any atom is -0.481 e. The van der Waals surface area contributed by atoms with Gasteiger partial charge < -0.3 is 20.2 Å². The molecule has 2 aliphatic rings. The molecule has 0 spiro atoms. The molecule has 2 saturated heterocycles. The summed E-state index contributed by atoms with van der Waals surface area (Å²) in [5.74, 6) is -1.45. The van der Waals surface area contributed by atoms with E-state index in [1.807, 2.05) is 0 Å². The van der Waals surface area contributed by atoms with Crippen LogP contribution in [0.4, 0.5) is 5.69 Å². The van der Waals surface area contributed by atoms with Gasteiger partial charge in [-0.1, -0.05) is 25.4 Å². The number of piperidine rings is 2. The summed E-state index contributed by atoms with van der Waals surface area (Å²) in [6, 6.07) is 4.78. The monoisotopic (exact) mass is 477 g/mol. The molecule has 180 valence electrons. The minimum atomic E-state index is -0.900. The molecule has 0 radical (unpaired) electrons. The molecule has 1 aromatic carbocycles. The number of rotatable bonds is 6. The van der Waals surface area contributed by atoms with Gasteiger partial charge in [0.15, 0.2) is 0 Å². The lowest BCUT2D eigenvalue weighted by molar-refractivity contribution is -0.146. The summed E-state index contributed by atoms with van der Waals surface area (Å²) >= 11 is 6.14. The Morgan fingerprint density at radius 2 is 1.76 bits per heavy atom. The zero-order valence-corrected chi connectivity index (χ0v) is 19.9. The average Bonchev–Trinajstić information content (AvgIpc) is 2.77. The Morgan fingerprint density at radius 3 is 2.42 bits per heavy atom. The number of carbonyl (C=O) groups is 4. The fraction of sp³-hybridized carbons (Fsp3) is 0.583. The van der Waals surface area contributed by atoms with Crippen LogP contribution in [0.5, 0.6) is 0 Å². The number of nitrogens with one attached hydrogen (secondary N) is 1. The van der Waals surface area contributed by atoms with Crippen molar-refractivity contribution in [2.24, 2.45) is 17.8 Å². The first-order chi connectivity index (χ1) is 15.6. The number of halogens is 1. The van der Waals surface area contributed by atoms with Gasteiger partial charge in [-0.2, -0.15) is 0 Å². The summed E-state index contributed by atoms with van der Waals surface area (Å²) in [5, 5.41) is 12.4. The van der Waals surface area contributed by atoms with Gasteiger partial charge in [-0.25, -0.2) is 0 Å². The highest BCUT2D eigenvalue weighted by molar-refractivity contribution is 6.31. The molecule has 1 unspecified atom stereocenters. The van der Waals surface area contributed by atoms with E-state index in [1.54, 1.807) is 23.1 Å². The van der Waals surface area contributed by atoms with Gasteiger partial charge in [0, 0.05) is 44.0 Å². The fourth-order valence-corrected chi connectivity index (χ4v) is 4.97. The first-order valence-electron chi connectivity index (χ1n) is 11.5. The molecule has 9 heteroatoms. The van der Waals surface area contributed by atoms with E-state index in [9.17, 15) is 24.3 Å². The number of carboxylic acids is 1. The largest absolute Gasteiger partial charge is 0.481 e. The predicted octanol–water partition coefficient (Wildman–Crippen LogP) is 3.50. The summed E-state index contributed by atoms with van der Waals surface area (Å²) in [7, 11) is 0. The predicted molar refractivity (Wildman–Crippen MR) is 125 cm³/mol. The summed E-state index contributed by atoms with van der Waals surface area (Å²) < 4.78 is 0. The van der Waals surface area contributed by atoms with E-state index in [1.165, 1.54) is 4.90 Å². The number of nitrogens with zero attached hydrogens (tertiary/aromatic N) is 2. The van der Waals surface area contributed by atoms with E-state index in [-0.39, 0.29) is 37.1 Å². The molecule has 0 bridgehead atoms. The summed E-state index contributed by atoms with van der Waals surface area (Å²) in [6.07, 6.45) is 2.19. The normalized spacial score (nSPS) is 23.2. The van der Waals surface area contributed by atoms with Crippen molar-refractivity contribution in [2.45, 2.75) is 46.0 Å². The number of hydrogen-bond acceptors (Lipinski definition) is 4. The second-order valence-electron chi connectivity index (χ2n) is 9.41. The average molecular weight is 478 g/mol. The Labute approximate surface area is 199 Å². The van der Waals surface area contributed by atoms with Crippen LogP contribution < -0.4 is 5.32 Å². The Balaban J connectivity index is 1.61. The Hall–Kier alpha value is -2.61. The summed E-state index contributed by atoms with van der Waals surface area (Å²) in [5.41, 5.74) is 0.709. The van der Waals surface area contributed by atoms with Crippen molar-refractivity contribution < 1.29 is 24.3 Å². The molecule has 3 atom stereocenters. The second-order valence-corrected chi connectivity index (χ2v) is 9.85. The van der Waals surface area contributed by atoms with Crippen LogP contribution >= 0.6 is 11.6 Å². The smallest absolute Gasteiger partial charge is 0.308 e. The van der Waals surface area contributed by atoms with Crippen molar-refractivity contribution in [1.82, 2.24) is 9.80 Å². The van der Waals surface area contributed by atoms with Crippen LogP contribution in [-0.4, -0.2) is 64.8 Å². The van der Waals surface area contributed by atoms with Gasteiger partial charge in [0.1, 0.15) is 0 Å². The van der Waals surface area contributed by atoms with Crippen LogP contribution in [0.3, 0.4) is 0 Å². The van der Waals surface area contributed by atoms with Crippen molar-refractivity contribution in [3.8, 4) is 0 Å². The Kier molecular flexibility index (Phi) is 8.35. The number of anilines is 1. The van der Waals surface area contributed by atoms with Gasteiger partial charge in [-0.15, -0.1) is 0 Å². The minimum absolute atomic E-state index is 0.0177. The molecule has 2 heterocycles. The lowest BCUT2D eigenvalue weighted by Gasteiger charge is -2.35. The number of hydrogen-bond donors (Lipinski definition) is 2. The van der Waals surface area contributed by atoms with Crippen LogP contribution in [0.1, 0.15) is 56.3 Å². The maximum Gasteiger partial charge on any atom is 0.308 e. The number of aliphatic carboxylic acids is 1. The summed E-state index contributed by atoms with van der Waals surface area (Å²) in [6.45, 7) is 6.24. The van der Waals surface area contributed by atoms with Crippen LogP contribution in [-0.2, 0) is 14.4 Å². The molecule has 33 heavy (non-hydrogen) atoms. The number of carbonyl (C=O) groups excluding carboxylic acids is 3. The van der Waals surface area contributed by atoms with Crippen LogP contribution in [0.15, 0.2) is 18.2 Å². The third kappa shape index (κ3) is 6.69. The molecule has 1 aromatic rings. The number of likely N-dealkylation sites (tertiary alicyclic amines) is 2. The highest BCUT2D eigenvalue weighted by Gasteiger charge is 2.29. The zero-order chi connectivity index (χ0) is 24.1. The lowest BCUT2D eigenvalue weighted by Crippen LogP contribution is -2.43. The van der Waals surface area contributed by atoms with Gasteiger partial charge in [0.05, 0.1) is 17.2 Å². The van der Waals surface area contributed by atoms with E-state index >= 15 is 0 Å². The van der Waals surface area contributed by atoms with Gasteiger partial charge in [0.25, 0.3) is 5.91 Å². The highest BCUT2D eigenvalue weighted by Crippen LogP contribution is 2.27. The van der Waals surface area contributed by atoms with E-state index in [2.05, 4.69) is 19.2 Å². The molecule has 0 aliphatic carbocycles. The molecule has 8 nitrogen and oxygen atoms in total. The first-order valence-corrected chi connectivity index (χ1v) is 11.9. The molecule has 3 amide bonds. The molecule has 2 N–H and O–H groups in total. The van der Waals surface area contributed by atoms with Gasteiger partial charge in [-0.3, -0.25) is 19.2 Å².